The highest BCUT2D eigenvalue weighted by Gasteiger charge is 2.58. The molecule has 32 nitrogen and oxygen atoms in total. The molecule has 96 heavy (non-hydrogen) atoms. The first-order chi connectivity index (χ1) is 45.0. The molecule has 558 valence electrons. The summed E-state index contributed by atoms with van der Waals surface area (Å²) in [6.07, 6.45) is -0.797. The number of fused-ring (bicyclic) bond motifs is 5. The Bertz CT molecular complexity index is 2250. The lowest BCUT2D eigenvalue weighted by molar-refractivity contribution is -0.218. The van der Waals surface area contributed by atoms with Gasteiger partial charge in [0.25, 0.3) is 0 Å². The summed E-state index contributed by atoms with van der Waals surface area (Å²) in [6.45, 7) is 37.6. The minimum atomic E-state index is -0.809. The number of ether oxygens (including phenoxy) is 18. The van der Waals surface area contributed by atoms with Crippen LogP contribution in [-0.4, -0.2) is 257 Å². The summed E-state index contributed by atoms with van der Waals surface area (Å²) in [7, 11) is 0. The number of hydrogen-bond acceptors (Lipinski definition) is 28. The number of aliphatic hydroxyl groups excluding tert-OH is 7. The lowest BCUT2D eigenvalue weighted by atomic mass is 9.99. The van der Waals surface area contributed by atoms with Crippen molar-refractivity contribution in [1.29, 1.82) is 0 Å². The van der Waals surface area contributed by atoms with Crippen molar-refractivity contribution < 1.29 is 121 Å². The third-order valence-corrected chi connectivity index (χ3v) is 18.6. The number of rotatable bonds is 10. The SMILES string of the molecule is CC1(C)O[C@@H]2O[C@@H](CO)[C@@H](O)[C@@H]2O1.CC[C@@H]1OC[C@@H](O)[C@H]1C.CC[C@@H]1OC[C@@H](O)[C@H]1N.CC[C@@H]1OC[C@@H](O)[C@H]1N=[N+]=[N-].CC[C@@H]1O[C@H]2OC(C)(C)O[C@H]2[C@@H]1C.CC[C@@H]1O[C@H]2OC(C)(C)O[C@H]2[C@@H]1O.CC[C@@H]1O[C@H]2OC(C)(C)O[C@H]2[C@@H]1O.CC[C@@H]1O[C@H]2OC(C)(C)O[C@H]2[C@H]1N=[N+]=[N-]. The smallest absolute Gasteiger partial charge is 0.190 e. The largest absolute Gasteiger partial charge is 0.394 e. The first kappa shape index (κ1) is 82.5. The maximum Gasteiger partial charge on any atom is 0.190 e. The first-order valence-electron chi connectivity index (χ1n) is 34.4. The second-order valence-electron chi connectivity index (χ2n) is 28.2. The Morgan fingerprint density at radius 3 is 1.01 bits per heavy atom. The Morgan fingerprint density at radius 1 is 0.365 bits per heavy atom. The van der Waals surface area contributed by atoms with Gasteiger partial charge in [0, 0.05) is 21.7 Å². The van der Waals surface area contributed by atoms with Crippen LogP contribution < -0.4 is 5.73 Å². The van der Waals surface area contributed by atoms with Gasteiger partial charge in [-0.05, 0) is 125 Å². The molecular formula is C64H117N7O25. The molecule has 0 unspecified atom stereocenters. The molecule has 9 N–H and O–H groups in total. The highest BCUT2D eigenvalue weighted by molar-refractivity contribution is 4.99. The molecule has 0 aromatic carbocycles. The van der Waals surface area contributed by atoms with E-state index in [0.29, 0.717) is 37.3 Å². The van der Waals surface area contributed by atoms with E-state index in [-0.39, 0.29) is 92.6 Å². The molecule has 0 aromatic rings. The van der Waals surface area contributed by atoms with E-state index in [4.69, 9.17) is 112 Å². The predicted molar refractivity (Wildman–Crippen MR) is 340 cm³/mol. The minimum absolute atomic E-state index is 0.0694. The van der Waals surface area contributed by atoms with E-state index in [0.717, 1.165) is 44.9 Å². The molecule has 0 aromatic heterocycles. The topological polar surface area (TPSA) is 431 Å². The van der Waals surface area contributed by atoms with Gasteiger partial charge in [-0.3, -0.25) is 0 Å². The summed E-state index contributed by atoms with van der Waals surface area (Å²) in [5.74, 6) is -2.33. The van der Waals surface area contributed by atoms with Crippen LogP contribution in [-0.2, 0) is 85.3 Å². The molecule has 0 bridgehead atoms. The molecule has 13 rings (SSSR count). The quantitative estimate of drug-likeness (QED) is 0.0765. The summed E-state index contributed by atoms with van der Waals surface area (Å²) >= 11 is 0. The van der Waals surface area contributed by atoms with Crippen molar-refractivity contribution in [3.05, 3.63) is 20.9 Å². The Kier molecular flexibility index (Phi) is 30.7. The number of nitrogens with two attached hydrogens (primary N) is 1. The fourth-order valence-corrected chi connectivity index (χ4v) is 13.4. The van der Waals surface area contributed by atoms with Crippen LogP contribution >= 0.6 is 0 Å². The lowest BCUT2D eigenvalue weighted by Crippen LogP contribution is -2.38. The summed E-state index contributed by atoms with van der Waals surface area (Å²) in [5, 5.41) is 72.6. The predicted octanol–water partition coefficient (Wildman–Crippen LogP) is 5.45. The third kappa shape index (κ3) is 21.1. The lowest BCUT2D eigenvalue weighted by Gasteiger charge is -2.22. The zero-order chi connectivity index (χ0) is 71.6. The second kappa shape index (κ2) is 35.7. The van der Waals surface area contributed by atoms with Crippen LogP contribution in [0.3, 0.4) is 0 Å². The van der Waals surface area contributed by atoms with E-state index in [1.54, 1.807) is 13.8 Å². The first-order valence-corrected chi connectivity index (χ1v) is 34.4. The van der Waals surface area contributed by atoms with Crippen LogP contribution in [0.25, 0.3) is 20.9 Å². The fraction of sp³-hybridized carbons (Fsp3) is 1.00. The van der Waals surface area contributed by atoms with Crippen molar-refractivity contribution in [2.24, 2.45) is 27.8 Å². The summed E-state index contributed by atoms with van der Waals surface area (Å²) in [6, 6.07) is -0.855. The number of aliphatic hydroxyl groups is 7. The van der Waals surface area contributed by atoms with Crippen LogP contribution in [0.2, 0.25) is 0 Å². The van der Waals surface area contributed by atoms with Gasteiger partial charge < -0.3 is 127 Å². The highest BCUT2D eigenvalue weighted by Crippen LogP contribution is 2.44. The Labute approximate surface area is 565 Å². The van der Waals surface area contributed by atoms with Crippen LogP contribution in [0.1, 0.15) is 176 Å². The van der Waals surface area contributed by atoms with Crippen LogP contribution in [0, 0.1) is 11.8 Å². The minimum Gasteiger partial charge on any atom is -0.394 e. The van der Waals surface area contributed by atoms with Gasteiger partial charge in [0.15, 0.2) is 60.4 Å². The maximum absolute atomic E-state index is 9.76. The number of nitrogens with zero attached hydrogens (tertiary/aromatic N) is 6. The molecule has 29 atom stereocenters. The van der Waals surface area contributed by atoms with E-state index >= 15 is 0 Å². The molecule has 13 fully saturated rings. The fourth-order valence-electron chi connectivity index (χ4n) is 13.4. The van der Waals surface area contributed by atoms with Gasteiger partial charge in [0.1, 0.15) is 54.9 Å². The molecule has 13 saturated heterocycles. The van der Waals surface area contributed by atoms with Gasteiger partial charge in [-0.1, -0.05) is 72.5 Å². The van der Waals surface area contributed by atoms with E-state index in [1.165, 1.54) is 0 Å². The van der Waals surface area contributed by atoms with E-state index < -0.39 is 103 Å². The van der Waals surface area contributed by atoms with Gasteiger partial charge in [-0.2, -0.15) is 0 Å². The van der Waals surface area contributed by atoms with Crippen molar-refractivity contribution in [2.45, 2.75) is 371 Å². The normalized spacial score (nSPS) is 45.0. The molecule has 0 amide bonds. The third-order valence-electron chi connectivity index (χ3n) is 18.6. The van der Waals surface area contributed by atoms with Gasteiger partial charge in [-0.25, -0.2) is 0 Å². The molecule has 13 aliphatic heterocycles. The van der Waals surface area contributed by atoms with Gasteiger partial charge in [0.05, 0.1) is 106 Å². The monoisotopic (exact) mass is 1380 g/mol. The van der Waals surface area contributed by atoms with Crippen LogP contribution in [0.5, 0.6) is 0 Å². The second-order valence-corrected chi connectivity index (χ2v) is 28.2. The Morgan fingerprint density at radius 2 is 0.677 bits per heavy atom. The van der Waals surface area contributed by atoms with Crippen molar-refractivity contribution in [3.63, 3.8) is 0 Å². The standard InChI is InChI=1S/C10H18O3.C9H15N3O3.2C9H16O4.C8H14O5.C7H14O2.C6H11N3O2.C6H13NO2/c1-5-7-6(2)8-9(11-7)13-10(3,4)12-8;1-4-5-6(11-12-10)7-8(13-5)15-9(2,3)14-7;2*1-4-5-6(10)7-8(11-5)13-9(2,3)12-7;1-8(2)12-6-5(10)4(3-9)11-7(6)13-8;1-3-7-5(2)6(8)4-9-7;1-2-5-6(8-9-7)4(10)3-11-5;1-2-5-6(7)4(8)3-9-5/h6-9H,5H2,1-4H3;5-8H,4H2,1-3H3;2*5-8,10H,4H2,1-3H3;4-7,9-10H,3H2,1-2H3;5-8H,3-4H2,1-2H3;4-6,10H,2-3H2,1H3;4-6,8H,2-3,7H2,1H3/t6-,7+,8+,9+;5-,6-,7-,8-;2*5-,6+,7-,8-;4-,5+,6-,7-;5-,6-,7+;2*4-,5+,6-/m10000111/s1. The molecule has 0 spiro atoms. The van der Waals surface area contributed by atoms with Crippen molar-refractivity contribution >= 4 is 0 Å². The van der Waals surface area contributed by atoms with E-state index in [1.807, 2.05) is 96.9 Å². The zero-order valence-corrected chi connectivity index (χ0v) is 59.8. The molecule has 0 aliphatic carbocycles. The van der Waals surface area contributed by atoms with Crippen molar-refractivity contribution in [1.82, 2.24) is 0 Å². The van der Waals surface area contributed by atoms with Crippen LogP contribution in [0.4, 0.5) is 0 Å². The molecule has 13 heterocycles. The maximum atomic E-state index is 9.76. The van der Waals surface area contributed by atoms with Crippen molar-refractivity contribution in [2.75, 3.05) is 26.4 Å². The average Bonchev–Trinajstić information content (AvgIpc) is 1.65. The Hall–Kier alpha value is -2.42. The summed E-state index contributed by atoms with van der Waals surface area (Å²) < 4.78 is 98.5. The van der Waals surface area contributed by atoms with Crippen molar-refractivity contribution in [3.8, 4) is 0 Å². The van der Waals surface area contributed by atoms with Gasteiger partial charge in [0.2, 0.25) is 0 Å². The average molecular weight is 1380 g/mol. The number of hydrogen-bond donors (Lipinski definition) is 8. The van der Waals surface area contributed by atoms with E-state index in [9.17, 15) is 25.5 Å². The number of azide groups is 2. The molecule has 0 saturated carbocycles. The van der Waals surface area contributed by atoms with Crippen LogP contribution in [0.15, 0.2) is 10.2 Å². The molecule has 32 heteroatoms. The summed E-state index contributed by atoms with van der Waals surface area (Å²) in [4.78, 5) is 5.48. The highest BCUT2D eigenvalue weighted by atomic mass is 16.9. The molecule has 0 radical (unpaired) electrons. The van der Waals surface area contributed by atoms with Gasteiger partial charge in [-0.15, -0.1) is 0 Å². The molecular weight excluding hydrogens is 1270 g/mol. The molecule has 13 aliphatic rings. The summed E-state index contributed by atoms with van der Waals surface area (Å²) in [5.41, 5.74) is 22.2. The Balaban J connectivity index is 0.000000174. The zero-order valence-electron chi connectivity index (χ0n) is 59.8. The van der Waals surface area contributed by atoms with E-state index in [2.05, 4.69) is 40.8 Å². The van der Waals surface area contributed by atoms with Gasteiger partial charge >= 0.3 is 0 Å².